The zero-order chi connectivity index (χ0) is 11.0. The number of hydrogen-bond acceptors (Lipinski definition) is 6. The van der Waals surface area contributed by atoms with E-state index in [1.165, 1.54) is 11.8 Å². The summed E-state index contributed by atoms with van der Waals surface area (Å²) in [6.07, 6.45) is 0. The summed E-state index contributed by atoms with van der Waals surface area (Å²) in [6.45, 7) is 1.73. The molecule has 0 bridgehead atoms. The van der Waals surface area contributed by atoms with Crippen molar-refractivity contribution in [3.63, 3.8) is 0 Å². The Bertz CT molecular complexity index is 487. The molecule has 0 amide bonds. The van der Waals surface area contributed by atoms with Crippen molar-refractivity contribution in [3.05, 3.63) is 11.4 Å². The summed E-state index contributed by atoms with van der Waals surface area (Å²) in [4.78, 5) is 18.8. The molecule has 0 fully saturated rings. The largest absolute Gasteiger partial charge is 0.480 e. The van der Waals surface area contributed by atoms with Gasteiger partial charge in [0.2, 0.25) is 5.90 Å². The zero-order valence-electron chi connectivity index (χ0n) is 8.13. The van der Waals surface area contributed by atoms with Crippen LogP contribution in [-0.2, 0) is 9.53 Å². The molecule has 1 aliphatic heterocycles. The van der Waals surface area contributed by atoms with Crippen molar-refractivity contribution in [3.8, 4) is 0 Å². The topological polar surface area (TPSA) is 69.4 Å². The molecule has 1 aromatic heterocycles. The number of aryl methyl sites for hydroxylation is 1. The maximum atomic E-state index is 10.7. The SMILES string of the molecule is COC1=Nc2nc(C)nn2C(S)C1=C=O. The predicted octanol–water partition coefficient (Wildman–Crippen LogP) is 0.463. The van der Waals surface area contributed by atoms with Crippen molar-refractivity contribution in [2.45, 2.75) is 12.3 Å². The van der Waals surface area contributed by atoms with E-state index in [0.29, 0.717) is 11.8 Å². The minimum Gasteiger partial charge on any atom is -0.480 e. The fraction of sp³-hybridized carbons (Fsp3) is 0.375. The van der Waals surface area contributed by atoms with Crippen LogP contribution in [0.5, 0.6) is 0 Å². The minimum absolute atomic E-state index is 0.185. The normalized spacial score (nSPS) is 19.3. The summed E-state index contributed by atoms with van der Waals surface area (Å²) in [5.41, 5.74) is 0.221. The molecule has 2 rings (SSSR count). The second-order valence-electron chi connectivity index (χ2n) is 2.91. The van der Waals surface area contributed by atoms with E-state index in [-0.39, 0.29) is 11.5 Å². The van der Waals surface area contributed by atoms with Gasteiger partial charge in [-0.15, -0.1) is 12.6 Å². The number of rotatable bonds is 0. The highest BCUT2D eigenvalue weighted by Gasteiger charge is 2.29. The molecule has 0 radical (unpaired) electrons. The number of ether oxygens (including phenoxy) is 1. The molecular weight excluding hydrogens is 216 g/mol. The van der Waals surface area contributed by atoms with Gasteiger partial charge in [0.1, 0.15) is 22.7 Å². The van der Waals surface area contributed by atoms with Gasteiger partial charge in [0.05, 0.1) is 7.11 Å². The molecule has 1 aliphatic rings. The lowest BCUT2D eigenvalue weighted by Gasteiger charge is -2.18. The summed E-state index contributed by atoms with van der Waals surface area (Å²) < 4.78 is 6.40. The van der Waals surface area contributed by atoms with Crippen molar-refractivity contribution in [1.82, 2.24) is 14.8 Å². The first-order valence-corrected chi connectivity index (χ1v) is 4.68. The monoisotopic (exact) mass is 224 g/mol. The molecule has 0 saturated carbocycles. The van der Waals surface area contributed by atoms with E-state index in [1.54, 1.807) is 12.9 Å². The number of carbonyl (C=O) groups excluding carboxylic acids is 1. The van der Waals surface area contributed by atoms with E-state index in [2.05, 4.69) is 27.7 Å². The van der Waals surface area contributed by atoms with Crippen LogP contribution in [-0.4, -0.2) is 33.7 Å². The fourth-order valence-electron chi connectivity index (χ4n) is 1.29. The Kier molecular flexibility index (Phi) is 2.34. The standard InChI is InChI=1S/C8H8N4O2S/c1-4-9-8-10-6(14-2)5(3-13)7(15)12(8)11-4/h7,15H,1-2H3. The van der Waals surface area contributed by atoms with Gasteiger partial charge in [0.25, 0.3) is 5.95 Å². The van der Waals surface area contributed by atoms with Gasteiger partial charge in [0, 0.05) is 0 Å². The summed E-state index contributed by atoms with van der Waals surface area (Å²) in [5.74, 6) is 2.88. The molecule has 0 N–H and O–H groups in total. The van der Waals surface area contributed by atoms with E-state index in [0.717, 1.165) is 0 Å². The van der Waals surface area contributed by atoms with Gasteiger partial charge in [-0.25, -0.2) is 9.48 Å². The second kappa shape index (κ2) is 3.52. The van der Waals surface area contributed by atoms with E-state index in [9.17, 15) is 4.79 Å². The first-order chi connectivity index (χ1) is 7.17. The Balaban J connectivity index is 2.63. The summed E-state index contributed by atoms with van der Waals surface area (Å²) >= 11 is 4.24. The highest BCUT2D eigenvalue weighted by Crippen LogP contribution is 2.30. The zero-order valence-corrected chi connectivity index (χ0v) is 9.02. The molecule has 1 aromatic rings. The molecule has 0 aromatic carbocycles. The van der Waals surface area contributed by atoms with Crippen molar-refractivity contribution in [2.24, 2.45) is 4.99 Å². The number of nitrogens with zero attached hydrogens (tertiary/aromatic N) is 4. The van der Waals surface area contributed by atoms with Crippen LogP contribution in [0.1, 0.15) is 11.2 Å². The van der Waals surface area contributed by atoms with Crippen LogP contribution >= 0.6 is 12.6 Å². The Morgan fingerprint density at radius 3 is 2.93 bits per heavy atom. The van der Waals surface area contributed by atoms with E-state index >= 15 is 0 Å². The third kappa shape index (κ3) is 1.45. The maximum absolute atomic E-state index is 10.7. The van der Waals surface area contributed by atoms with Gasteiger partial charge in [-0.1, -0.05) is 0 Å². The predicted molar refractivity (Wildman–Crippen MR) is 56.1 cm³/mol. The van der Waals surface area contributed by atoms with E-state index < -0.39 is 5.37 Å². The van der Waals surface area contributed by atoms with Crippen LogP contribution in [0.25, 0.3) is 0 Å². The van der Waals surface area contributed by atoms with E-state index in [1.807, 2.05) is 0 Å². The molecular formula is C8H8N4O2S. The molecule has 7 heteroatoms. The van der Waals surface area contributed by atoms with Crippen molar-refractivity contribution in [2.75, 3.05) is 7.11 Å². The lowest BCUT2D eigenvalue weighted by atomic mass is 10.2. The lowest BCUT2D eigenvalue weighted by molar-refractivity contribution is 0.396. The van der Waals surface area contributed by atoms with Gasteiger partial charge in [0.15, 0.2) is 0 Å². The van der Waals surface area contributed by atoms with Gasteiger partial charge in [-0.3, -0.25) is 0 Å². The average molecular weight is 224 g/mol. The van der Waals surface area contributed by atoms with Gasteiger partial charge in [-0.2, -0.15) is 15.1 Å². The number of hydrogen-bond donors (Lipinski definition) is 1. The van der Waals surface area contributed by atoms with Crippen molar-refractivity contribution >= 4 is 30.4 Å². The molecule has 0 spiro atoms. The van der Waals surface area contributed by atoms with Crippen molar-refractivity contribution in [1.29, 1.82) is 0 Å². The number of aliphatic imine (C=N–C) groups is 1. The van der Waals surface area contributed by atoms with Crippen molar-refractivity contribution < 1.29 is 9.53 Å². The van der Waals surface area contributed by atoms with Crippen LogP contribution in [0.3, 0.4) is 0 Å². The summed E-state index contributed by atoms with van der Waals surface area (Å²) in [5, 5.41) is 3.52. The summed E-state index contributed by atoms with van der Waals surface area (Å²) in [6, 6.07) is 0. The molecule has 1 atom stereocenters. The van der Waals surface area contributed by atoms with Crippen LogP contribution in [0.2, 0.25) is 0 Å². The second-order valence-corrected chi connectivity index (χ2v) is 3.40. The Hall–Kier alpha value is -1.59. The fourth-order valence-corrected chi connectivity index (χ4v) is 1.61. The molecule has 0 saturated heterocycles. The third-order valence-electron chi connectivity index (χ3n) is 1.94. The highest BCUT2D eigenvalue weighted by atomic mass is 32.1. The lowest BCUT2D eigenvalue weighted by Crippen LogP contribution is -2.20. The van der Waals surface area contributed by atoms with Crippen LogP contribution in [0, 0.1) is 6.92 Å². The molecule has 0 aliphatic carbocycles. The average Bonchev–Trinajstić information content (AvgIpc) is 2.59. The smallest absolute Gasteiger partial charge is 0.252 e. The third-order valence-corrected chi connectivity index (χ3v) is 2.42. The van der Waals surface area contributed by atoms with Gasteiger partial charge >= 0.3 is 0 Å². The first-order valence-electron chi connectivity index (χ1n) is 4.16. The molecule has 6 nitrogen and oxygen atoms in total. The Morgan fingerprint density at radius 2 is 2.33 bits per heavy atom. The molecule has 78 valence electrons. The Labute approximate surface area is 91.1 Å². The number of aromatic nitrogens is 3. The Morgan fingerprint density at radius 1 is 1.60 bits per heavy atom. The number of methoxy groups -OCH3 is 1. The minimum atomic E-state index is -0.550. The number of fused-ring (bicyclic) bond motifs is 1. The van der Waals surface area contributed by atoms with Crippen LogP contribution < -0.4 is 0 Å². The highest BCUT2D eigenvalue weighted by molar-refractivity contribution is 7.80. The van der Waals surface area contributed by atoms with Gasteiger partial charge in [-0.05, 0) is 6.92 Å². The first kappa shape index (κ1) is 9.95. The molecule has 2 heterocycles. The van der Waals surface area contributed by atoms with Crippen LogP contribution in [0.15, 0.2) is 10.6 Å². The van der Waals surface area contributed by atoms with E-state index in [4.69, 9.17) is 4.74 Å². The van der Waals surface area contributed by atoms with Crippen LogP contribution in [0.4, 0.5) is 5.95 Å². The molecule has 1 unspecified atom stereocenters. The maximum Gasteiger partial charge on any atom is 0.252 e. The summed E-state index contributed by atoms with van der Waals surface area (Å²) in [7, 11) is 1.43. The quantitative estimate of drug-likeness (QED) is 0.513. The number of thiol groups is 1. The van der Waals surface area contributed by atoms with Gasteiger partial charge < -0.3 is 4.74 Å². The molecule has 15 heavy (non-hydrogen) atoms.